The monoisotopic (exact) mass is 335 g/mol. The molecule has 1 aliphatic rings. The number of ether oxygens (including phenoxy) is 1. The predicted molar refractivity (Wildman–Crippen MR) is 96.5 cm³/mol. The molecule has 128 valence electrons. The summed E-state index contributed by atoms with van der Waals surface area (Å²) in [6.07, 6.45) is 6.77. The van der Waals surface area contributed by atoms with E-state index >= 15 is 0 Å². The summed E-state index contributed by atoms with van der Waals surface area (Å²) in [4.78, 5) is 29.2. The number of nitrogens with zero attached hydrogens (tertiary/aromatic N) is 1. The highest BCUT2D eigenvalue weighted by Gasteiger charge is 2.25. The zero-order valence-corrected chi connectivity index (χ0v) is 14.7. The van der Waals surface area contributed by atoms with E-state index in [0.29, 0.717) is 17.5 Å². The average molecular weight is 335 g/mol. The molecular weight excluding hydrogens is 314 g/mol. The van der Waals surface area contributed by atoms with Gasteiger partial charge in [0.05, 0.1) is 5.56 Å². The molecule has 0 spiro atoms. The third-order valence-electron chi connectivity index (χ3n) is 3.97. The molecule has 1 aromatic carbocycles. The Kier molecular flexibility index (Phi) is 4.53. The number of rotatable bonds is 2. The molecular formula is C21H21NO3. The summed E-state index contributed by atoms with van der Waals surface area (Å²) >= 11 is 0. The van der Waals surface area contributed by atoms with Crippen LogP contribution in [0.5, 0.6) is 0 Å². The van der Waals surface area contributed by atoms with Gasteiger partial charge in [0.2, 0.25) is 0 Å². The van der Waals surface area contributed by atoms with E-state index < -0.39 is 11.6 Å². The molecule has 4 heteroatoms. The van der Waals surface area contributed by atoms with Crippen molar-refractivity contribution in [3.63, 3.8) is 0 Å². The first kappa shape index (κ1) is 17.1. The molecule has 25 heavy (non-hydrogen) atoms. The van der Waals surface area contributed by atoms with E-state index in [1.807, 2.05) is 45.0 Å². The van der Waals surface area contributed by atoms with Crippen molar-refractivity contribution in [2.45, 2.75) is 39.2 Å². The Morgan fingerprint density at radius 2 is 2.00 bits per heavy atom. The normalized spacial score (nSPS) is 15.8. The first-order chi connectivity index (χ1) is 11.8. The third kappa shape index (κ3) is 4.02. The largest absolute Gasteiger partial charge is 0.456 e. The van der Waals surface area contributed by atoms with E-state index in [9.17, 15) is 9.59 Å². The van der Waals surface area contributed by atoms with Gasteiger partial charge in [-0.2, -0.15) is 0 Å². The lowest BCUT2D eigenvalue weighted by atomic mass is 9.85. The zero-order chi connectivity index (χ0) is 18.0. The number of aromatic nitrogens is 1. The summed E-state index contributed by atoms with van der Waals surface area (Å²) in [5.41, 5.74) is 3.04. The lowest BCUT2D eigenvalue weighted by Gasteiger charge is -2.21. The fourth-order valence-corrected chi connectivity index (χ4v) is 2.83. The summed E-state index contributed by atoms with van der Waals surface area (Å²) in [5.74, 6) is -0.443. The molecule has 0 saturated heterocycles. The smallest absolute Gasteiger partial charge is 0.338 e. The second-order valence-electron chi connectivity index (χ2n) is 7.16. The van der Waals surface area contributed by atoms with Gasteiger partial charge in [0.15, 0.2) is 5.78 Å². The molecule has 1 aromatic heterocycles. The Balaban J connectivity index is 1.91. The van der Waals surface area contributed by atoms with Crippen molar-refractivity contribution in [1.29, 1.82) is 0 Å². The molecule has 0 fully saturated rings. The Hall–Kier alpha value is -2.75. The van der Waals surface area contributed by atoms with Gasteiger partial charge in [-0.1, -0.05) is 12.1 Å². The number of fused-ring (bicyclic) bond motifs is 1. The standard InChI is InChI=1S/C21H21NO3/c1-21(2,3)25-20(24)17-9-7-15-6-8-16(19(23)18(15)12-17)11-14-5-4-10-22-13-14/h4-5,7,9-13H,6,8H2,1-3H3. The molecule has 0 atom stereocenters. The van der Waals surface area contributed by atoms with Gasteiger partial charge in [-0.05, 0) is 69.0 Å². The summed E-state index contributed by atoms with van der Waals surface area (Å²) in [5, 5.41) is 0. The molecule has 0 N–H and O–H groups in total. The maximum atomic E-state index is 12.8. The van der Waals surface area contributed by atoms with Gasteiger partial charge < -0.3 is 4.74 Å². The van der Waals surface area contributed by atoms with Gasteiger partial charge in [0.1, 0.15) is 5.60 Å². The molecule has 0 bridgehead atoms. The molecule has 0 unspecified atom stereocenters. The maximum absolute atomic E-state index is 12.8. The van der Waals surface area contributed by atoms with Crippen LogP contribution in [-0.4, -0.2) is 22.3 Å². The van der Waals surface area contributed by atoms with Crippen molar-refractivity contribution < 1.29 is 14.3 Å². The average Bonchev–Trinajstić information content (AvgIpc) is 2.57. The van der Waals surface area contributed by atoms with Crippen molar-refractivity contribution in [2.75, 3.05) is 0 Å². The molecule has 0 radical (unpaired) electrons. The van der Waals surface area contributed by atoms with Crippen LogP contribution in [0.25, 0.3) is 6.08 Å². The van der Waals surface area contributed by atoms with E-state index in [4.69, 9.17) is 4.74 Å². The number of carbonyl (C=O) groups excluding carboxylic acids is 2. The second-order valence-corrected chi connectivity index (χ2v) is 7.16. The lowest BCUT2D eigenvalue weighted by molar-refractivity contribution is 0.00695. The molecule has 1 heterocycles. The number of hydrogen-bond donors (Lipinski definition) is 0. The highest BCUT2D eigenvalue weighted by molar-refractivity contribution is 6.14. The van der Waals surface area contributed by atoms with Crippen LogP contribution >= 0.6 is 0 Å². The Bertz CT molecular complexity index is 845. The third-order valence-corrected chi connectivity index (χ3v) is 3.97. The van der Waals surface area contributed by atoms with Crippen molar-refractivity contribution >= 4 is 17.8 Å². The highest BCUT2D eigenvalue weighted by atomic mass is 16.6. The Morgan fingerprint density at radius 3 is 2.68 bits per heavy atom. The molecule has 1 aliphatic carbocycles. The number of pyridine rings is 1. The van der Waals surface area contributed by atoms with E-state index in [1.165, 1.54) is 0 Å². The second kappa shape index (κ2) is 6.63. The van der Waals surface area contributed by atoms with Gasteiger partial charge in [-0.3, -0.25) is 9.78 Å². The molecule has 0 saturated carbocycles. The van der Waals surface area contributed by atoms with Crippen molar-refractivity contribution in [3.05, 3.63) is 70.6 Å². The van der Waals surface area contributed by atoms with E-state index in [2.05, 4.69) is 4.98 Å². The number of hydrogen-bond acceptors (Lipinski definition) is 4. The minimum atomic E-state index is -0.567. The predicted octanol–water partition coefficient (Wildman–Crippen LogP) is 4.25. The van der Waals surface area contributed by atoms with E-state index in [1.54, 1.807) is 24.5 Å². The quantitative estimate of drug-likeness (QED) is 0.608. The summed E-state index contributed by atoms with van der Waals surface area (Å²) < 4.78 is 5.40. The minimum absolute atomic E-state index is 0.0319. The highest BCUT2D eigenvalue weighted by Crippen LogP contribution is 2.28. The van der Waals surface area contributed by atoms with Gasteiger partial charge in [-0.25, -0.2) is 4.79 Å². The van der Waals surface area contributed by atoms with Crippen LogP contribution in [-0.2, 0) is 11.2 Å². The molecule has 2 aromatic rings. The van der Waals surface area contributed by atoms with Crippen LogP contribution in [0.1, 0.15) is 59.0 Å². The molecule has 0 aliphatic heterocycles. The van der Waals surface area contributed by atoms with Crippen molar-refractivity contribution in [2.24, 2.45) is 0 Å². The summed E-state index contributed by atoms with van der Waals surface area (Å²) in [6.45, 7) is 5.47. The number of esters is 1. The van der Waals surface area contributed by atoms with E-state index in [-0.39, 0.29) is 5.78 Å². The zero-order valence-electron chi connectivity index (χ0n) is 14.7. The summed E-state index contributed by atoms with van der Waals surface area (Å²) in [6, 6.07) is 9.00. The number of benzene rings is 1. The van der Waals surface area contributed by atoms with Crippen LogP contribution < -0.4 is 0 Å². The first-order valence-corrected chi connectivity index (χ1v) is 8.35. The number of ketones is 1. The fourth-order valence-electron chi connectivity index (χ4n) is 2.83. The number of allylic oxidation sites excluding steroid dienone is 1. The van der Waals surface area contributed by atoms with Crippen LogP contribution in [0.4, 0.5) is 0 Å². The van der Waals surface area contributed by atoms with Crippen LogP contribution in [0, 0.1) is 0 Å². The Labute approximate surface area is 147 Å². The SMILES string of the molecule is CC(C)(C)OC(=O)c1ccc2c(c1)C(=O)C(=Cc1cccnc1)CC2. The van der Waals surface area contributed by atoms with Gasteiger partial charge in [0, 0.05) is 23.5 Å². The number of Topliss-reactive ketones (excluding diaryl/α,β-unsaturated/α-hetero) is 1. The number of carbonyl (C=O) groups is 2. The Morgan fingerprint density at radius 1 is 1.20 bits per heavy atom. The van der Waals surface area contributed by atoms with Crippen LogP contribution in [0.2, 0.25) is 0 Å². The van der Waals surface area contributed by atoms with E-state index in [0.717, 1.165) is 23.1 Å². The van der Waals surface area contributed by atoms with Gasteiger partial charge in [-0.15, -0.1) is 0 Å². The fraction of sp³-hybridized carbons (Fsp3) is 0.286. The number of aryl methyl sites for hydroxylation is 1. The molecule has 3 rings (SSSR count). The maximum Gasteiger partial charge on any atom is 0.338 e. The van der Waals surface area contributed by atoms with Gasteiger partial charge in [0.25, 0.3) is 0 Å². The first-order valence-electron chi connectivity index (χ1n) is 8.35. The van der Waals surface area contributed by atoms with Crippen LogP contribution in [0.15, 0.2) is 48.3 Å². The molecule has 4 nitrogen and oxygen atoms in total. The van der Waals surface area contributed by atoms with Crippen molar-refractivity contribution in [1.82, 2.24) is 4.98 Å². The van der Waals surface area contributed by atoms with Crippen LogP contribution in [0.3, 0.4) is 0 Å². The lowest BCUT2D eigenvalue weighted by Crippen LogP contribution is -2.24. The summed E-state index contributed by atoms with van der Waals surface area (Å²) in [7, 11) is 0. The minimum Gasteiger partial charge on any atom is -0.456 e. The molecule has 0 amide bonds. The van der Waals surface area contributed by atoms with Gasteiger partial charge >= 0.3 is 5.97 Å². The van der Waals surface area contributed by atoms with Crippen molar-refractivity contribution in [3.8, 4) is 0 Å². The topological polar surface area (TPSA) is 56.3 Å².